The van der Waals surface area contributed by atoms with E-state index in [4.69, 9.17) is 10.2 Å². The van der Waals surface area contributed by atoms with Gasteiger partial charge in [0.25, 0.3) is 0 Å². The summed E-state index contributed by atoms with van der Waals surface area (Å²) in [6.45, 7) is 10.3. The molecule has 0 saturated heterocycles. The van der Waals surface area contributed by atoms with E-state index in [1.54, 1.807) is 31.2 Å². The predicted octanol–water partition coefficient (Wildman–Crippen LogP) is 5.52. The van der Waals surface area contributed by atoms with Gasteiger partial charge in [-0.1, -0.05) is 48.6 Å². The summed E-state index contributed by atoms with van der Waals surface area (Å²) in [6, 6.07) is 14.4. The maximum atomic E-state index is 12.9. The lowest BCUT2D eigenvalue weighted by atomic mass is 10.0. The standard InChI is InChI=1S/C18H22FNO3S.C5H10O.C3H6O/c1-14(8-13-18(21)15-9-11-16(19)12-10-15)24(22,23)20(2)17-6-4-3-5-7-17;1-3-5(2)4-6;1-3(2)4/h3-7,9-12,14,18,21H,8,13H2,1-2H3;3,6H,4H2,1-2H3;4H,1H2,2H3/b;5-3-;. The van der Waals surface area contributed by atoms with Gasteiger partial charge in [-0.2, -0.15) is 0 Å². The number of aliphatic hydroxyl groups excluding tert-OH is 3. The minimum atomic E-state index is -3.51. The first-order chi connectivity index (χ1) is 15.9. The molecule has 0 heterocycles. The summed E-state index contributed by atoms with van der Waals surface area (Å²) >= 11 is 0. The molecule has 190 valence electrons. The molecule has 0 aliphatic carbocycles. The van der Waals surface area contributed by atoms with Crippen molar-refractivity contribution in [3.05, 3.63) is 90.0 Å². The zero-order valence-electron chi connectivity index (χ0n) is 20.6. The van der Waals surface area contributed by atoms with Crippen molar-refractivity contribution < 1.29 is 28.1 Å². The van der Waals surface area contributed by atoms with Crippen LogP contribution < -0.4 is 4.31 Å². The highest BCUT2D eigenvalue weighted by molar-refractivity contribution is 7.93. The van der Waals surface area contributed by atoms with Crippen LogP contribution >= 0.6 is 0 Å². The molecule has 6 nitrogen and oxygen atoms in total. The highest BCUT2D eigenvalue weighted by atomic mass is 32.2. The molecule has 0 bridgehead atoms. The first-order valence-electron chi connectivity index (χ1n) is 10.9. The monoisotopic (exact) mass is 495 g/mol. The zero-order valence-corrected chi connectivity index (χ0v) is 21.5. The second-order valence-corrected chi connectivity index (χ2v) is 10.2. The predicted molar refractivity (Wildman–Crippen MR) is 138 cm³/mol. The van der Waals surface area contributed by atoms with Crippen molar-refractivity contribution in [3.63, 3.8) is 0 Å². The van der Waals surface area contributed by atoms with Gasteiger partial charge >= 0.3 is 0 Å². The van der Waals surface area contributed by atoms with Crippen LogP contribution in [0.4, 0.5) is 10.1 Å². The third kappa shape index (κ3) is 12.0. The fraction of sp³-hybridized carbons (Fsp3) is 0.385. The maximum absolute atomic E-state index is 12.9. The second-order valence-electron chi connectivity index (χ2n) is 7.83. The normalized spacial score (nSPS) is 12.9. The van der Waals surface area contributed by atoms with E-state index in [1.165, 1.54) is 42.5 Å². The summed E-state index contributed by atoms with van der Waals surface area (Å²) < 4.78 is 39.4. The van der Waals surface area contributed by atoms with E-state index in [2.05, 4.69) is 6.58 Å². The highest BCUT2D eigenvalue weighted by Crippen LogP contribution is 2.24. The molecule has 2 rings (SSSR count). The van der Waals surface area contributed by atoms with Crippen molar-refractivity contribution in [3.8, 4) is 0 Å². The molecule has 0 spiro atoms. The number of rotatable bonds is 8. The Labute approximate surface area is 203 Å². The van der Waals surface area contributed by atoms with Crippen LogP contribution in [0.15, 0.2) is 78.6 Å². The Hall–Kier alpha value is -2.68. The van der Waals surface area contributed by atoms with Gasteiger partial charge in [-0.05, 0) is 70.4 Å². The van der Waals surface area contributed by atoms with Crippen molar-refractivity contribution in [2.24, 2.45) is 0 Å². The van der Waals surface area contributed by atoms with E-state index < -0.39 is 21.4 Å². The molecule has 0 saturated carbocycles. The van der Waals surface area contributed by atoms with Gasteiger partial charge in [0, 0.05) is 7.05 Å². The van der Waals surface area contributed by atoms with E-state index >= 15 is 0 Å². The number of nitrogens with zero attached hydrogens (tertiary/aromatic N) is 1. The average Bonchev–Trinajstić information content (AvgIpc) is 2.82. The summed E-state index contributed by atoms with van der Waals surface area (Å²) in [5.74, 6) is -0.202. The maximum Gasteiger partial charge on any atom is 0.237 e. The van der Waals surface area contributed by atoms with Gasteiger partial charge in [-0.25, -0.2) is 12.8 Å². The quantitative estimate of drug-likeness (QED) is 0.331. The van der Waals surface area contributed by atoms with Crippen molar-refractivity contribution in [1.29, 1.82) is 0 Å². The molecule has 0 aromatic heterocycles. The van der Waals surface area contributed by atoms with Gasteiger partial charge < -0.3 is 15.3 Å². The van der Waals surface area contributed by atoms with Gasteiger partial charge in [0.2, 0.25) is 10.0 Å². The molecule has 3 N–H and O–H groups in total. The van der Waals surface area contributed by atoms with E-state index in [1.807, 2.05) is 26.0 Å². The van der Waals surface area contributed by atoms with Gasteiger partial charge in [0.15, 0.2) is 0 Å². The van der Waals surface area contributed by atoms with Crippen LogP contribution in [0, 0.1) is 5.82 Å². The zero-order chi connectivity index (χ0) is 26.3. The number of anilines is 1. The average molecular weight is 496 g/mol. The second kappa shape index (κ2) is 16.0. The molecule has 2 aromatic rings. The molecular formula is C26H38FNO5S. The van der Waals surface area contributed by atoms with Crippen LogP contribution in [-0.2, 0) is 10.0 Å². The van der Waals surface area contributed by atoms with Gasteiger partial charge in [0.05, 0.1) is 29.4 Å². The minimum absolute atomic E-state index is 0.167. The Kier molecular flexibility index (Phi) is 14.8. The molecule has 2 aromatic carbocycles. The van der Waals surface area contributed by atoms with Crippen molar-refractivity contribution in [1.82, 2.24) is 0 Å². The number of sulfonamides is 1. The number of para-hydroxylation sites is 1. The summed E-state index contributed by atoms with van der Waals surface area (Å²) in [6.07, 6.45) is 1.66. The summed E-state index contributed by atoms with van der Waals surface area (Å²) in [4.78, 5) is 0. The lowest BCUT2D eigenvalue weighted by Crippen LogP contribution is -2.34. The van der Waals surface area contributed by atoms with Crippen LogP contribution in [0.2, 0.25) is 0 Å². The number of hydrogen-bond donors (Lipinski definition) is 3. The fourth-order valence-electron chi connectivity index (χ4n) is 2.54. The van der Waals surface area contributed by atoms with Gasteiger partial charge in [-0.3, -0.25) is 4.31 Å². The number of hydrogen-bond acceptors (Lipinski definition) is 5. The molecule has 8 heteroatoms. The summed E-state index contributed by atoms with van der Waals surface area (Å²) in [7, 11) is -1.99. The molecule has 34 heavy (non-hydrogen) atoms. The van der Waals surface area contributed by atoms with E-state index in [-0.39, 0.29) is 24.6 Å². The Morgan fingerprint density at radius 2 is 1.59 bits per heavy atom. The molecule has 0 fully saturated rings. The minimum Gasteiger partial charge on any atom is -0.513 e. The Morgan fingerprint density at radius 1 is 1.09 bits per heavy atom. The van der Waals surface area contributed by atoms with E-state index in [9.17, 15) is 17.9 Å². The number of benzene rings is 2. The molecule has 2 unspecified atom stereocenters. The van der Waals surface area contributed by atoms with Crippen molar-refractivity contribution in [2.45, 2.75) is 51.9 Å². The largest absolute Gasteiger partial charge is 0.513 e. The molecule has 0 aliphatic rings. The van der Waals surface area contributed by atoms with Crippen LogP contribution in [0.25, 0.3) is 0 Å². The third-order valence-corrected chi connectivity index (χ3v) is 7.08. The van der Waals surface area contributed by atoms with Gasteiger partial charge in [-0.15, -0.1) is 0 Å². The first-order valence-corrected chi connectivity index (χ1v) is 12.4. The Bertz CT molecular complexity index is 972. The molecule has 0 aliphatic heterocycles. The summed E-state index contributed by atoms with van der Waals surface area (Å²) in [5.41, 5.74) is 2.20. The first kappa shape index (κ1) is 31.3. The number of allylic oxidation sites excluding steroid dienone is 2. The highest BCUT2D eigenvalue weighted by Gasteiger charge is 2.26. The van der Waals surface area contributed by atoms with E-state index in [0.717, 1.165) is 5.57 Å². The van der Waals surface area contributed by atoms with Crippen molar-refractivity contribution >= 4 is 15.7 Å². The lowest BCUT2D eigenvalue weighted by molar-refractivity contribution is 0.164. The van der Waals surface area contributed by atoms with Crippen molar-refractivity contribution in [2.75, 3.05) is 18.0 Å². The number of aliphatic hydroxyl groups is 3. The fourth-order valence-corrected chi connectivity index (χ4v) is 3.93. The topological polar surface area (TPSA) is 98.1 Å². The lowest BCUT2D eigenvalue weighted by Gasteiger charge is -2.24. The molecular weight excluding hydrogens is 457 g/mol. The smallest absolute Gasteiger partial charge is 0.237 e. The molecule has 0 amide bonds. The van der Waals surface area contributed by atoms with Crippen LogP contribution in [-0.4, -0.2) is 42.6 Å². The van der Waals surface area contributed by atoms with Crippen LogP contribution in [0.3, 0.4) is 0 Å². The third-order valence-electron chi connectivity index (χ3n) is 4.85. The van der Waals surface area contributed by atoms with Gasteiger partial charge in [0.1, 0.15) is 5.82 Å². The van der Waals surface area contributed by atoms with E-state index in [0.29, 0.717) is 17.7 Å². The summed E-state index contributed by atoms with van der Waals surface area (Å²) in [5, 5.41) is 25.6. The Balaban J connectivity index is 0.000000917. The molecule has 0 radical (unpaired) electrons. The Morgan fingerprint density at radius 3 is 2.00 bits per heavy atom. The molecule has 2 atom stereocenters. The van der Waals surface area contributed by atoms with Crippen LogP contribution in [0.1, 0.15) is 52.2 Å². The SMILES string of the molecule is C/C=C(/C)CO.C=C(C)O.CC(CCC(O)c1ccc(F)cc1)S(=O)(=O)N(C)c1ccccc1. The van der Waals surface area contributed by atoms with Crippen LogP contribution in [0.5, 0.6) is 0 Å². The number of halogens is 1.